The summed E-state index contributed by atoms with van der Waals surface area (Å²) in [4.78, 5) is 2.51. The number of thiophene rings is 1. The van der Waals surface area contributed by atoms with Crippen molar-refractivity contribution in [3.05, 3.63) is 53.7 Å². The Bertz CT molecular complexity index is 837. The fourth-order valence-electron chi connectivity index (χ4n) is 3.44. The van der Waals surface area contributed by atoms with Gasteiger partial charge in [-0.2, -0.15) is 0 Å². The molecule has 130 valence electrons. The molecule has 1 fully saturated rings. The van der Waals surface area contributed by atoms with E-state index in [-0.39, 0.29) is 5.82 Å². The number of likely N-dealkylation sites (tertiary alicyclic amines) is 1. The first-order valence-electron chi connectivity index (χ1n) is 8.92. The van der Waals surface area contributed by atoms with Crippen LogP contribution in [-0.2, 0) is 0 Å². The summed E-state index contributed by atoms with van der Waals surface area (Å²) in [6.45, 7) is 4.38. The molecule has 0 radical (unpaired) electrons. The molecule has 0 spiro atoms. The number of ether oxygens (including phenoxy) is 1. The average molecular weight is 355 g/mol. The van der Waals surface area contributed by atoms with Gasteiger partial charge in [0.1, 0.15) is 11.6 Å². The van der Waals surface area contributed by atoms with Crippen LogP contribution >= 0.6 is 11.3 Å². The Morgan fingerprint density at radius 2 is 1.84 bits per heavy atom. The number of hydrogen-bond acceptors (Lipinski definition) is 3. The van der Waals surface area contributed by atoms with Crippen molar-refractivity contribution in [1.29, 1.82) is 0 Å². The third kappa shape index (κ3) is 3.86. The van der Waals surface area contributed by atoms with Crippen LogP contribution in [0.25, 0.3) is 21.2 Å². The minimum Gasteiger partial charge on any atom is -0.493 e. The van der Waals surface area contributed by atoms with Gasteiger partial charge in [0.25, 0.3) is 0 Å². The highest BCUT2D eigenvalue weighted by Crippen LogP contribution is 2.36. The van der Waals surface area contributed by atoms with Crippen molar-refractivity contribution in [2.75, 3.05) is 26.2 Å². The second-order valence-corrected chi connectivity index (χ2v) is 7.48. The summed E-state index contributed by atoms with van der Waals surface area (Å²) >= 11 is 1.70. The van der Waals surface area contributed by atoms with E-state index in [0.29, 0.717) is 0 Å². The smallest absolute Gasteiger partial charge is 0.123 e. The van der Waals surface area contributed by atoms with Gasteiger partial charge in [0.05, 0.1) is 6.61 Å². The molecule has 4 rings (SSSR count). The zero-order valence-electron chi connectivity index (χ0n) is 14.2. The van der Waals surface area contributed by atoms with Crippen molar-refractivity contribution < 1.29 is 9.13 Å². The van der Waals surface area contributed by atoms with Crippen LogP contribution in [0.4, 0.5) is 4.39 Å². The lowest BCUT2D eigenvalue weighted by Gasteiger charge is -2.14. The van der Waals surface area contributed by atoms with Gasteiger partial charge in [-0.05, 0) is 73.6 Å². The second kappa shape index (κ2) is 7.54. The monoisotopic (exact) mass is 355 g/mol. The van der Waals surface area contributed by atoms with E-state index in [1.807, 2.05) is 18.2 Å². The molecule has 1 aromatic heterocycles. The van der Waals surface area contributed by atoms with Crippen LogP contribution in [0.3, 0.4) is 0 Å². The van der Waals surface area contributed by atoms with Crippen LogP contribution in [0.5, 0.6) is 5.75 Å². The van der Waals surface area contributed by atoms with Gasteiger partial charge in [-0.1, -0.05) is 12.1 Å². The first kappa shape index (κ1) is 16.6. The third-order valence-corrected chi connectivity index (χ3v) is 5.73. The number of halogens is 1. The molecule has 2 aromatic carbocycles. The number of nitrogens with zero attached hydrogens (tertiary/aromatic N) is 1. The quantitative estimate of drug-likeness (QED) is 0.536. The minimum atomic E-state index is -0.201. The molecule has 25 heavy (non-hydrogen) atoms. The molecule has 3 aromatic rings. The molecule has 2 nitrogen and oxygen atoms in total. The van der Waals surface area contributed by atoms with Crippen molar-refractivity contribution in [3.63, 3.8) is 0 Å². The average Bonchev–Trinajstić information content (AvgIpc) is 3.29. The molecular formula is C21H22FNOS. The highest BCUT2D eigenvalue weighted by atomic mass is 32.1. The molecule has 2 heterocycles. The van der Waals surface area contributed by atoms with Crippen LogP contribution in [0, 0.1) is 5.82 Å². The maximum atomic E-state index is 13.1. The minimum absolute atomic E-state index is 0.201. The van der Waals surface area contributed by atoms with E-state index in [9.17, 15) is 4.39 Å². The van der Waals surface area contributed by atoms with E-state index in [2.05, 4.69) is 22.4 Å². The Morgan fingerprint density at radius 3 is 2.64 bits per heavy atom. The fourth-order valence-corrected chi connectivity index (χ4v) is 4.43. The lowest BCUT2D eigenvalue weighted by atomic mass is 10.0. The SMILES string of the molecule is Fc1ccc(-c2csc3cc(OCCCN4CCCC4)ccc23)cc1. The number of rotatable bonds is 6. The third-order valence-electron chi connectivity index (χ3n) is 4.79. The molecule has 1 aliphatic rings. The zero-order valence-corrected chi connectivity index (χ0v) is 15.0. The zero-order chi connectivity index (χ0) is 17.1. The highest BCUT2D eigenvalue weighted by Gasteiger charge is 2.11. The standard InChI is InChI=1S/C21H22FNOS/c22-17-6-4-16(5-7-17)20-15-25-21-14-18(8-9-19(20)21)24-13-3-12-23-10-1-2-11-23/h4-9,14-15H,1-3,10-13H2. The molecule has 0 unspecified atom stereocenters. The van der Waals surface area contributed by atoms with Crippen LogP contribution in [0.1, 0.15) is 19.3 Å². The first-order chi connectivity index (χ1) is 12.3. The lowest BCUT2D eigenvalue weighted by Crippen LogP contribution is -2.21. The molecule has 4 heteroatoms. The van der Waals surface area contributed by atoms with E-state index >= 15 is 0 Å². The Morgan fingerprint density at radius 1 is 1.04 bits per heavy atom. The molecule has 1 aliphatic heterocycles. The van der Waals surface area contributed by atoms with E-state index in [1.54, 1.807) is 11.3 Å². The number of benzene rings is 2. The normalized spacial score (nSPS) is 15.1. The molecule has 0 saturated carbocycles. The van der Waals surface area contributed by atoms with Crippen molar-refractivity contribution in [2.45, 2.75) is 19.3 Å². The fraction of sp³-hybridized carbons (Fsp3) is 0.333. The van der Waals surface area contributed by atoms with Crippen LogP contribution in [0.2, 0.25) is 0 Å². The highest BCUT2D eigenvalue weighted by molar-refractivity contribution is 7.17. The maximum absolute atomic E-state index is 13.1. The number of hydrogen-bond donors (Lipinski definition) is 0. The lowest BCUT2D eigenvalue weighted by molar-refractivity contribution is 0.263. The summed E-state index contributed by atoms with van der Waals surface area (Å²) in [5.41, 5.74) is 2.20. The molecule has 0 N–H and O–H groups in total. The Kier molecular flexibility index (Phi) is 4.99. The molecule has 0 atom stereocenters. The molecular weight excluding hydrogens is 333 g/mol. The molecule has 0 aliphatic carbocycles. The second-order valence-electron chi connectivity index (χ2n) is 6.56. The molecule has 0 bridgehead atoms. The summed E-state index contributed by atoms with van der Waals surface area (Å²) in [6.07, 6.45) is 3.75. The van der Waals surface area contributed by atoms with Gasteiger partial charge in [0, 0.05) is 22.2 Å². The van der Waals surface area contributed by atoms with Gasteiger partial charge in [-0.3, -0.25) is 0 Å². The Labute approximate surface area is 151 Å². The molecule has 0 amide bonds. The van der Waals surface area contributed by atoms with E-state index in [0.717, 1.165) is 36.4 Å². The van der Waals surface area contributed by atoms with Gasteiger partial charge in [-0.25, -0.2) is 4.39 Å². The van der Waals surface area contributed by atoms with E-state index < -0.39 is 0 Å². The molecule has 1 saturated heterocycles. The van der Waals surface area contributed by atoms with Gasteiger partial charge >= 0.3 is 0 Å². The largest absolute Gasteiger partial charge is 0.493 e. The van der Waals surface area contributed by atoms with Crippen molar-refractivity contribution >= 4 is 21.4 Å². The van der Waals surface area contributed by atoms with E-state index in [4.69, 9.17) is 4.74 Å². The van der Waals surface area contributed by atoms with Crippen molar-refractivity contribution in [3.8, 4) is 16.9 Å². The predicted octanol–water partition coefficient (Wildman–Crippen LogP) is 5.57. The summed E-state index contributed by atoms with van der Waals surface area (Å²) in [5.74, 6) is 0.731. The van der Waals surface area contributed by atoms with Crippen LogP contribution in [-0.4, -0.2) is 31.1 Å². The van der Waals surface area contributed by atoms with Crippen LogP contribution < -0.4 is 4.74 Å². The van der Waals surface area contributed by atoms with Gasteiger partial charge < -0.3 is 9.64 Å². The van der Waals surface area contributed by atoms with Gasteiger partial charge in [0.15, 0.2) is 0 Å². The Hall–Kier alpha value is -1.91. The number of fused-ring (bicyclic) bond motifs is 1. The van der Waals surface area contributed by atoms with E-state index in [1.165, 1.54) is 48.2 Å². The first-order valence-corrected chi connectivity index (χ1v) is 9.80. The maximum Gasteiger partial charge on any atom is 0.123 e. The van der Waals surface area contributed by atoms with Crippen molar-refractivity contribution in [1.82, 2.24) is 4.90 Å². The van der Waals surface area contributed by atoms with Gasteiger partial charge in [-0.15, -0.1) is 11.3 Å². The summed E-state index contributed by atoms with van der Waals surface area (Å²) in [7, 11) is 0. The predicted molar refractivity (Wildman–Crippen MR) is 103 cm³/mol. The topological polar surface area (TPSA) is 12.5 Å². The Balaban J connectivity index is 1.41. The van der Waals surface area contributed by atoms with Gasteiger partial charge in [0.2, 0.25) is 0 Å². The van der Waals surface area contributed by atoms with Crippen LogP contribution in [0.15, 0.2) is 47.8 Å². The summed E-state index contributed by atoms with van der Waals surface area (Å²) in [6, 6.07) is 13.0. The summed E-state index contributed by atoms with van der Waals surface area (Å²) in [5, 5.41) is 3.33. The summed E-state index contributed by atoms with van der Waals surface area (Å²) < 4.78 is 20.3. The van der Waals surface area contributed by atoms with Crippen molar-refractivity contribution in [2.24, 2.45) is 0 Å².